The molecule has 0 spiro atoms. The summed E-state index contributed by atoms with van der Waals surface area (Å²) >= 11 is 0. The molecule has 0 amide bonds. The SMILES string of the molecule is COc1ccc(NC2CCC(C)C2)cc1OCCO. The zero-order valence-electron chi connectivity index (χ0n) is 11.7. The Hall–Kier alpha value is -1.42. The van der Waals surface area contributed by atoms with Gasteiger partial charge in [-0.2, -0.15) is 0 Å². The number of hydrogen-bond acceptors (Lipinski definition) is 4. The van der Waals surface area contributed by atoms with Crippen molar-refractivity contribution >= 4 is 5.69 Å². The number of anilines is 1. The van der Waals surface area contributed by atoms with Crippen LogP contribution in [-0.2, 0) is 0 Å². The summed E-state index contributed by atoms with van der Waals surface area (Å²) in [6, 6.07) is 6.40. The Morgan fingerprint density at radius 1 is 1.32 bits per heavy atom. The van der Waals surface area contributed by atoms with Gasteiger partial charge in [-0.3, -0.25) is 0 Å². The Morgan fingerprint density at radius 3 is 2.79 bits per heavy atom. The van der Waals surface area contributed by atoms with E-state index in [-0.39, 0.29) is 13.2 Å². The minimum absolute atomic E-state index is 0.000943. The fourth-order valence-electron chi connectivity index (χ4n) is 2.61. The van der Waals surface area contributed by atoms with Gasteiger partial charge in [0.05, 0.1) is 13.7 Å². The number of hydrogen-bond donors (Lipinski definition) is 2. The molecule has 106 valence electrons. The maximum atomic E-state index is 8.84. The maximum Gasteiger partial charge on any atom is 0.163 e. The molecule has 4 heteroatoms. The molecule has 0 aromatic heterocycles. The Morgan fingerprint density at radius 2 is 2.16 bits per heavy atom. The van der Waals surface area contributed by atoms with E-state index in [0.717, 1.165) is 11.6 Å². The number of methoxy groups -OCH3 is 1. The van der Waals surface area contributed by atoms with Crippen LogP contribution in [0.5, 0.6) is 11.5 Å². The fraction of sp³-hybridized carbons (Fsp3) is 0.600. The minimum Gasteiger partial charge on any atom is -0.493 e. The first kappa shape index (κ1) is 14.0. The Kier molecular flexibility index (Phi) is 4.91. The van der Waals surface area contributed by atoms with E-state index in [1.165, 1.54) is 19.3 Å². The molecule has 1 aliphatic rings. The first-order valence-corrected chi connectivity index (χ1v) is 6.91. The second-order valence-electron chi connectivity index (χ2n) is 5.20. The Balaban J connectivity index is 2.04. The molecule has 4 nitrogen and oxygen atoms in total. The molecule has 2 atom stereocenters. The van der Waals surface area contributed by atoms with Gasteiger partial charge in [-0.1, -0.05) is 6.92 Å². The van der Waals surface area contributed by atoms with E-state index in [0.29, 0.717) is 17.5 Å². The largest absolute Gasteiger partial charge is 0.493 e. The molecule has 0 aliphatic heterocycles. The van der Waals surface area contributed by atoms with E-state index >= 15 is 0 Å². The van der Waals surface area contributed by atoms with E-state index in [1.54, 1.807) is 7.11 Å². The minimum atomic E-state index is 0.000943. The molecule has 1 fully saturated rings. The summed E-state index contributed by atoms with van der Waals surface area (Å²) in [6.45, 7) is 2.58. The third kappa shape index (κ3) is 3.77. The number of rotatable bonds is 6. The predicted octanol–water partition coefficient (Wildman–Crippen LogP) is 2.67. The van der Waals surface area contributed by atoms with Gasteiger partial charge in [0.15, 0.2) is 11.5 Å². The second kappa shape index (κ2) is 6.66. The molecule has 2 N–H and O–H groups in total. The lowest BCUT2D eigenvalue weighted by Crippen LogP contribution is -2.15. The normalized spacial score (nSPS) is 22.3. The van der Waals surface area contributed by atoms with E-state index in [1.807, 2.05) is 18.2 Å². The van der Waals surface area contributed by atoms with Gasteiger partial charge in [-0.15, -0.1) is 0 Å². The van der Waals surface area contributed by atoms with Gasteiger partial charge >= 0.3 is 0 Å². The van der Waals surface area contributed by atoms with Crippen molar-refractivity contribution in [2.45, 2.75) is 32.2 Å². The highest BCUT2D eigenvalue weighted by molar-refractivity contribution is 5.55. The topological polar surface area (TPSA) is 50.7 Å². The highest BCUT2D eigenvalue weighted by atomic mass is 16.5. The van der Waals surface area contributed by atoms with Crippen LogP contribution in [0.3, 0.4) is 0 Å². The van der Waals surface area contributed by atoms with Crippen LogP contribution < -0.4 is 14.8 Å². The van der Waals surface area contributed by atoms with Crippen molar-refractivity contribution in [3.8, 4) is 11.5 Å². The zero-order chi connectivity index (χ0) is 13.7. The van der Waals surface area contributed by atoms with Crippen LogP contribution in [0.2, 0.25) is 0 Å². The van der Waals surface area contributed by atoms with E-state index in [9.17, 15) is 0 Å². The summed E-state index contributed by atoms with van der Waals surface area (Å²) in [4.78, 5) is 0. The molecule has 0 bridgehead atoms. The van der Waals surface area contributed by atoms with Gasteiger partial charge < -0.3 is 19.9 Å². The molecule has 2 rings (SSSR count). The zero-order valence-corrected chi connectivity index (χ0v) is 11.7. The number of ether oxygens (including phenoxy) is 2. The maximum absolute atomic E-state index is 8.84. The molecule has 1 aromatic rings. The van der Waals surface area contributed by atoms with E-state index < -0.39 is 0 Å². The van der Waals surface area contributed by atoms with Crippen molar-refractivity contribution in [2.24, 2.45) is 5.92 Å². The average Bonchev–Trinajstić information content (AvgIpc) is 2.82. The van der Waals surface area contributed by atoms with Crippen molar-refractivity contribution in [2.75, 3.05) is 25.6 Å². The van der Waals surface area contributed by atoms with Crippen molar-refractivity contribution in [3.63, 3.8) is 0 Å². The quantitative estimate of drug-likeness (QED) is 0.830. The Bertz CT molecular complexity index is 408. The standard InChI is InChI=1S/C15H23NO3/c1-11-3-4-12(9-11)16-13-5-6-14(18-2)15(10-13)19-8-7-17/h5-6,10-12,16-17H,3-4,7-9H2,1-2H3. The van der Waals surface area contributed by atoms with Gasteiger partial charge in [0.2, 0.25) is 0 Å². The third-order valence-corrected chi connectivity index (χ3v) is 3.58. The summed E-state index contributed by atoms with van der Waals surface area (Å²) < 4.78 is 10.7. The van der Waals surface area contributed by atoms with Crippen molar-refractivity contribution in [1.29, 1.82) is 0 Å². The molecule has 0 heterocycles. The lowest BCUT2D eigenvalue weighted by molar-refractivity contribution is 0.196. The first-order chi connectivity index (χ1) is 9.22. The Labute approximate surface area is 114 Å². The van der Waals surface area contributed by atoms with E-state index in [2.05, 4.69) is 12.2 Å². The molecular formula is C15H23NO3. The summed E-state index contributed by atoms with van der Waals surface area (Å²) in [5.41, 5.74) is 1.05. The molecule has 1 aromatic carbocycles. The van der Waals surface area contributed by atoms with Crippen LogP contribution in [0.15, 0.2) is 18.2 Å². The number of benzene rings is 1. The van der Waals surface area contributed by atoms with Gasteiger partial charge in [-0.05, 0) is 37.3 Å². The molecule has 1 saturated carbocycles. The molecule has 2 unspecified atom stereocenters. The molecule has 0 radical (unpaired) electrons. The number of aliphatic hydroxyl groups excluding tert-OH is 1. The second-order valence-corrected chi connectivity index (χ2v) is 5.20. The van der Waals surface area contributed by atoms with Crippen molar-refractivity contribution < 1.29 is 14.6 Å². The predicted molar refractivity (Wildman–Crippen MR) is 76.0 cm³/mol. The number of aliphatic hydroxyl groups is 1. The first-order valence-electron chi connectivity index (χ1n) is 6.91. The lowest BCUT2D eigenvalue weighted by Gasteiger charge is -2.16. The van der Waals surface area contributed by atoms with Crippen LogP contribution in [0.4, 0.5) is 5.69 Å². The van der Waals surface area contributed by atoms with Crippen LogP contribution in [-0.4, -0.2) is 31.5 Å². The number of nitrogens with one attached hydrogen (secondary N) is 1. The van der Waals surface area contributed by atoms with Crippen molar-refractivity contribution in [1.82, 2.24) is 0 Å². The molecular weight excluding hydrogens is 242 g/mol. The summed E-state index contributed by atoms with van der Waals surface area (Å²) in [5, 5.41) is 12.4. The van der Waals surface area contributed by atoms with Gasteiger partial charge in [0.1, 0.15) is 6.61 Å². The van der Waals surface area contributed by atoms with Gasteiger partial charge in [-0.25, -0.2) is 0 Å². The molecule has 19 heavy (non-hydrogen) atoms. The summed E-state index contributed by atoms with van der Waals surface area (Å²) in [6.07, 6.45) is 3.74. The lowest BCUT2D eigenvalue weighted by atomic mass is 10.1. The van der Waals surface area contributed by atoms with Crippen molar-refractivity contribution in [3.05, 3.63) is 18.2 Å². The highest BCUT2D eigenvalue weighted by Crippen LogP contribution is 2.33. The monoisotopic (exact) mass is 265 g/mol. The van der Waals surface area contributed by atoms with Crippen LogP contribution >= 0.6 is 0 Å². The smallest absolute Gasteiger partial charge is 0.163 e. The van der Waals surface area contributed by atoms with E-state index in [4.69, 9.17) is 14.6 Å². The third-order valence-electron chi connectivity index (χ3n) is 3.58. The van der Waals surface area contributed by atoms with Crippen LogP contribution in [0.1, 0.15) is 26.2 Å². The summed E-state index contributed by atoms with van der Waals surface area (Å²) in [7, 11) is 1.62. The molecule has 1 aliphatic carbocycles. The summed E-state index contributed by atoms with van der Waals surface area (Å²) in [5.74, 6) is 2.17. The average molecular weight is 265 g/mol. The highest BCUT2D eigenvalue weighted by Gasteiger charge is 2.21. The fourth-order valence-corrected chi connectivity index (χ4v) is 2.61. The van der Waals surface area contributed by atoms with Crippen LogP contribution in [0, 0.1) is 5.92 Å². The van der Waals surface area contributed by atoms with Gasteiger partial charge in [0, 0.05) is 17.8 Å². The van der Waals surface area contributed by atoms with Crippen LogP contribution in [0.25, 0.3) is 0 Å². The van der Waals surface area contributed by atoms with Gasteiger partial charge in [0.25, 0.3) is 0 Å². The molecule has 0 saturated heterocycles.